The van der Waals surface area contributed by atoms with Gasteiger partial charge in [0, 0.05) is 4.47 Å². The van der Waals surface area contributed by atoms with Gasteiger partial charge in [-0.1, -0.05) is 28.1 Å². The standard InChI is InChI=1S/C16H16BrClO2/c1-10-8-12(17)5-6-13(10)16(18)11-4-7-14(19-2)15(9-11)20-3/h4-9,16H,1-3H3. The highest BCUT2D eigenvalue weighted by atomic mass is 79.9. The molecule has 2 aromatic rings. The number of aryl methyl sites for hydroxylation is 1. The van der Waals surface area contributed by atoms with Gasteiger partial charge < -0.3 is 9.47 Å². The van der Waals surface area contributed by atoms with E-state index < -0.39 is 0 Å². The largest absolute Gasteiger partial charge is 0.493 e. The molecule has 0 amide bonds. The Bertz CT molecular complexity index is 613. The number of hydrogen-bond acceptors (Lipinski definition) is 2. The Labute approximate surface area is 132 Å². The van der Waals surface area contributed by atoms with Crippen molar-refractivity contribution in [2.24, 2.45) is 0 Å². The van der Waals surface area contributed by atoms with Gasteiger partial charge in [0.1, 0.15) is 0 Å². The third kappa shape index (κ3) is 3.10. The maximum Gasteiger partial charge on any atom is 0.161 e. The third-order valence-electron chi connectivity index (χ3n) is 3.21. The van der Waals surface area contributed by atoms with Crippen LogP contribution < -0.4 is 9.47 Å². The Kier molecular flexibility index (Phi) is 4.95. The number of ether oxygens (including phenoxy) is 2. The molecule has 20 heavy (non-hydrogen) atoms. The van der Waals surface area contributed by atoms with Gasteiger partial charge >= 0.3 is 0 Å². The van der Waals surface area contributed by atoms with Crippen LogP contribution in [0.1, 0.15) is 22.1 Å². The van der Waals surface area contributed by atoms with E-state index in [1.54, 1.807) is 14.2 Å². The topological polar surface area (TPSA) is 18.5 Å². The number of rotatable bonds is 4. The molecule has 0 aliphatic rings. The van der Waals surface area contributed by atoms with Crippen LogP contribution in [0.3, 0.4) is 0 Å². The normalized spacial score (nSPS) is 12.1. The molecule has 0 heterocycles. The molecule has 0 saturated carbocycles. The summed E-state index contributed by atoms with van der Waals surface area (Å²) < 4.78 is 11.6. The SMILES string of the molecule is COc1ccc(C(Cl)c2ccc(Br)cc2C)cc1OC. The van der Waals surface area contributed by atoms with E-state index in [1.165, 1.54) is 0 Å². The minimum atomic E-state index is -0.220. The number of halogens is 2. The van der Waals surface area contributed by atoms with Crippen LogP contribution in [0.15, 0.2) is 40.9 Å². The molecule has 0 aliphatic carbocycles. The van der Waals surface area contributed by atoms with E-state index >= 15 is 0 Å². The molecule has 0 radical (unpaired) electrons. The Morgan fingerprint density at radius 1 is 1.00 bits per heavy atom. The van der Waals surface area contributed by atoms with Crippen molar-refractivity contribution in [3.05, 3.63) is 57.6 Å². The van der Waals surface area contributed by atoms with Crippen LogP contribution in [0, 0.1) is 6.92 Å². The summed E-state index contributed by atoms with van der Waals surface area (Å²) >= 11 is 10.1. The summed E-state index contributed by atoms with van der Waals surface area (Å²) in [7, 11) is 3.24. The first-order valence-electron chi connectivity index (χ1n) is 6.19. The molecular formula is C16H16BrClO2. The predicted octanol–water partition coefficient (Wildman–Crippen LogP) is 5.10. The molecule has 1 atom stereocenters. The molecule has 0 fully saturated rings. The minimum absolute atomic E-state index is 0.220. The van der Waals surface area contributed by atoms with Crippen molar-refractivity contribution >= 4 is 27.5 Å². The van der Waals surface area contributed by atoms with Gasteiger partial charge in [0.05, 0.1) is 19.6 Å². The summed E-state index contributed by atoms with van der Waals surface area (Å²) in [6.07, 6.45) is 0. The van der Waals surface area contributed by atoms with Crippen LogP contribution in [-0.4, -0.2) is 14.2 Å². The number of hydrogen-bond donors (Lipinski definition) is 0. The zero-order valence-corrected chi connectivity index (χ0v) is 14.0. The van der Waals surface area contributed by atoms with E-state index in [9.17, 15) is 0 Å². The molecule has 0 N–H and O–H groups in total. The average molecular weight is 356 g/mol. The first kappa shape index (κ1) is 15.2. The Balaban J connectivity index is 2.40. The third-order valence-corrected chi connectivity index (χ3v) is 4.19. The highest BCUT2D eigenvalue weighted by molar-refractivity contribution is 9.10. The molecule has 0 saturated heterocycles. The fourth-order valence-electron chi connectivity index (χ4n) is 2.11. The molecule has 0 spiro atoms. The monoisotopic (exact) mass is 354 g/mol. The van der Waals surface area contributed by atoms with Crippen molar-refractivity contribution in [1.29, 1.82) is 0 Å². The van der Waals surface area contributed by atoms with Crippen molar-refractivity contribution in [3.8, 4) is 11.5 Å². The smallest absolute Gasteiger partial charge is 0.161 e. The van der Waals surface area contributed by atoms with Crippen LogP contribution in [0.25, 0.3) is 0 Å². The molecule has 0 aromatic heterocycles. The van der Waals surface area contributed by atoms with E-state index in [4.69, 9.17) is 21.1 Å². The second kappa shape index (κ2) is 6.51. The lowest BCUT2D eigenvalue weighted by molar-refractivity contribution is 0.354. The average Bonchev–Trinajstić information content (AvgIpc) is 2.45. The highest BCUT2D eigenvalue weighted by Crippen LogP contribution is 2.36. The van der Waals surface area contributed by atoms with Crippen molar-refractivity contribution in [2.45, 2.75) is 12.3 Å². The lowest BCUT2D eigenvalue weighted by atomic mass is 10.00. The van der Waals surface area contributed by atoms with Gasteiger partial charge in [0.2, 0.25) is 0 Å². The lowest BCUT2D eigenvalue weighted by Crippen LogP contribution is -1.98. The predicted molar refractivity (Wildman–Crippen MR) is 86.1 cm³/mol. The number of benzene rings is 2. The second-order valence-corrected chi connectivity index (χ2v) is 5.83. The first-order valence-corrected chi connectivity index (χ1v) is 7.41. The van der Waals surface area contributed by atoms with Gasteiger partial charge in [-0.25, -0.2) is 0 Å². The number of methoxy groups -OCH3 is 2. The summed E-state index contributed by atoms with van der Waals surface area (Å²) in [4.78, 5) is 0. The van der Waals surface area contributed by atoms with Crippen LogP contribution in [0.4, 0.5) is 0 Å². The Hall–Kier alpha value is -1.19. The van der Waals surface area contributed by atoms with E-state index in [0.29, 0.717) is 11.5 Å². The van der Waals surface area contributed by atoms with E-state index in [-0.39, 0.29) is 5.38 Å². The summed E-state index contributed by atoms with van der Waals surface area (Å²) in [6, 6.07) is 11.8. The molecule has 0 bridgehead atoms. The molecule has 0 aliphatic heterocycles. The summed E-state index contributed by atoms with van der Waals surface area (Å²) in [6.45, 7) is 2.05. The first-order chi connectivity index (χ1) is 9.56. The minimum Gasteiger partial charge on any atom is -0.493 e. The fraction of sp³-hybridized carbons (Fsp3) is 0.250. The van der Waals surface area contributed by atoms with Gasteiger partial charge in [0.15, 0.2) is 11.5 Å². The second-order valence-electron chi connectivity index (χ2n) is 4.48. The molecule has 4 heteroatoms. The summed E-state index contributed by atoms with van der Waals surface area (Å²) in [5.41, 5.74) is 3.21. The summed E-state index contributed by atoms with van der Waals surface area (Å²) in [5.74, 6) is 1.39. The number of alkyl halides is 1. The Morgan fingerprint density at radius 2 is 1.70 bits per heavy atom. The van der Waals surface area contributed by atoms with Crippen LogP contribution in [-0.2, 0) is 0 Å². The highest BCUT2D eigenvalue weighted by Gasteiger charge is 2.15. The van der Waals surface area contributed by atoms with Gasteiger partial charge in [-0.15, -0.1) is 11.6 Å². The van der Waals surface area contributed by atoms with Gasteiger partial charge in [-0.05, 0) is 47.9 Å². The van der Waals surface area contributed by atoms with Crippen LogP contribution in [0.5, 0.6) is 11.5 Å². The molecule has 2 rings (SSSR count). The van der Waals surface area contributed by atoms with E-state index in [1.807, 2.05) is 30.3 Å². The van der Waals surface area contributed by atoms with Gasteiger partial charge in [-0.2, -0.15) is 0 Å². The van der Waals surface area contributed by atoms with E-state index in [2.05, 4.69) is 28.9 Å². The quantitative estimate of drug-likeness (QED) is 0.710. The zero-order chi connectivity index (χ0) is 14.7. The van der Waals surface area contributed by atoms with E-state index in [0.717, 1.165) is 21.2 Å². The fourth-order valence-corrected chi connectivity index (χ4v) is 2.97. The zero-order valence-electron chi connectivity index (χ0n) is 11.6. The van der Waals surface area contributed by atoms with Gasteiger partial charge in [0.25, 0.3) is 0 Å². The summed E-state index contributed by atoms with van der Waals surface area (Å²) in [5, 5.41) is -0.220. The lowest BCUT2D eigenvalue weighted by Gasteiger charge is -2.16. The van der Waals surface area contributed by atoms with Crippen molar-refractivity contribution in [1.82, 2.24) is 0 Å². The molecule has 1 unspecified atom stereocenters. The molecule has 106 valence electrons. The Morgan fingerprint density at radius 3 is 2.30 bits per heavy atom. The van der Waals surface area contributed by atoms with Crippen molar-refractivity contribution in [3.63, 3.8) is 0 Å². The van der Waals surface area contributed by atoms with Crippen molar-refractivity contribution < 1.29 is 9.47 Å². The van der Waals surface area contributed by atoms with Crippen LogP contribution in [0.2, 0.25) is 0 Å². The van der Waals surface area contributed by atoms with Crippen LogP contribution >= 0.6 is 27.5 Å². The van der Waals surface area contributed by atoms with Crippen molar-refractivity contribution in [2.75, 3.05) is 14.2 Å². The molecular weight excluding hydrogens is 340 g/mol. The van der Waals surface area contributed by atoms with Gasteiger partial charge in [-0.3, -0.25) is 0 Å². The molecule has 2 nitrogen and oxygen atoms in total. The maximum atomic E-state index is 6.60. The molecule has 2 aromatic carbocycles. The maximum absolute atomic E-state index is 6.60.